The average Bonchev–Trinajstić information content (AvgIpc) is 3.06. The van der Waals surface area contributed by atoms with Gasteiger partial charge in [0.15, 0.2) is 13.4 Å². The van der Waals surface area contributed by atoms with E-state index in [0.29, 0.717) is 11.6 Å². The minimum Gasteiger partial charge on any atom is -0.459 e. The van der Waals surface area contributed by atoms with Crippen molar-refractivity contribution in [2.75, 3.05) is 5.73 Å². The van der Waals surface area contributed by atoms with Crippen LogP contribution in [-0.4, -0.2) is 35.7 Å². The Bertz CT molecular complexity index is 892. The third-order valence-corrected chi connectivity index (χ3v) is 12.3. The minimum absolute atomic E-state index is 0.0326. The van der Waals surface area contributed by atoms with Crippen LogP contribution < -0.4 is 5.73 Å². The van der Waals surface area contributed by atoms with Gasteiger partial charge >= 0.3 is 5.97 Å². The zero-order valence-electron chi connectivity index (χ0n) is 17.6. The van der Waals surface area contributed by atoms with Crippen molar-refractivity contribution in [3.05, 3.63) is 47.0 Å². The number of nitrogens with zero attached hydrogens (tertiary/aromatic N) is 2. The van der Waals surface area contributed by atoms with Crippen LogP contribution in [0.1, 0.15) is 31.2 Å². The number of amides is 1. The largest absolute Gasteiger partial charge is 0.459 e. The van der Waals surface area contributed by atoms with Crippen LogP contribution in [0.25, 0.3) is 0 Å². The van der Waals surface area contributed by atoms with E-state index in [2.05, 4.69) is 38.8 Å². The molecule has 1 aliphatic heterocycles. The van der Waals surface area contributed by atoms with Gasteiger partial charge in [-0.3, -0.25) is 4.79 Å². The molecule has 1 aliphatic rings. The molecule has 0 unspecified atom stereocenters. The van der Waals surface area contributed by atoms with E-state index in [1.165, 1.54) is 11.3 Å². The summed E-state index contributed by atoms with van der Waals surface area (Å²) < 4.78 is 7.49. The number of esters is 1. The van der Waals surface area contributed by atoms with Crippen molar-refractivity contribution in [1.82, 2.24) is 9.55 Å². The number of anilines is 1. The van der Waals surface area contributed by atoms with E-state index in [1.807, 2.05) is 34.9 Å². The molecule has 6 nitrogen and oxygen atoms in total. The number of ether oxygens (including phenoxy) is 1. The van der Waals surface area contributed by atoms with Crippen molar-refractivity contribution < 1.29 is 14.3 Å². The van der Waals surface area contributed by atoms with Gasteiger partial charge in [0, 0.05) is 11.1 Å². The van der Waals surface area contributed by atoms with E-state index in [4.69, 9.17) is 10.5 Å². The number of thiazole rings is 1. The normalized spacial score (nSPS) is 19.8. The molecule has 0 spiro atoms. The first kappa shape index (κ1) is 21.5. The van der Waals surface area contributed by atoms with Crippen LogP contribution in [0.3, 0.4) is 0 Å². The van der Waals surface area contributed by atoms with Gasteiger partial charge in [-0.05, 0) is 17.0 Å². The van der Waals surface area contributed by atoms with Gasteiger partial charge in [-0.1, -0.05) is 64.2 Å². The summed E-state index contributed by atoms with van der Waals surface area (Å²) >= 11 is 1.36. The molecule has 2 heterocycles. The van der Waals surface area contributed by atoms with Gasteiger partial charge in [0.2, 0.25) is 5.91 Å². The van der Waals surface area contributed by atoms with Crippen molar-refractivity contribution >= 4 is 36.6 Å². The second-order valence-electron chi connectivity index (χ2n) is 9.03. The molecular formula is C21H29N3O3SSi. The minimum atomic E-state index is -2.23. The summed E-state index contributed by atoms with van der Waals surface area (Å²) in [6.07, 6.45) is 2.15. The third-order valence-electron chi connectivity index (χ3n) is 6.11. The van der Waals surface area contributed by atoms with Gasteiger partial charge in [-0.15, -0.1) is 11.3 Å². The van der Waals surface area contributed by atoms with Crippen LogP contribution in [0.4, 0.5) is 5.13 Å². The predicted molar refractivity (Wildman–Crippen MR) is 118 cm³/mol. The molecule has 2 atom stereocenters. The van der Waals surface area contributed by atoms with Gasteiger partial charge in [0.1, 0.15) is 12.6 Å². The molecule has 1 aromatic carbocycles. The molecule has 2 aromatic rings. The zero-order valence-corrected chi connectivity index (χ0v) is 19.5. The Labute approximate surface area is 177 Å². The Morgan fingerprint density at radius 2 is 1.93 bits per heavy atom. The Morgan fingerprint density at radius 3 is 2.48 bits per heavy atom. The third kappa shape index (κ3) is 4.23. The SMILES string of the molecule is CC(C)(C)[Si](C)(C)N1C(=O)[C@H](Cc2cnc(N)s2)[C@H]1C(=O)OCc1ccccc1. The molecule has 1 amide bonds. The van der Waals surface area contributed by atoms with E-state index >= 15 is 0 Å². The van der Waals surface area contributed by atoms with Crippen LogP contribution in [0.2, 0.25) is 18.1 Å². The maximum atomic E-state index is 13.2. The van der Waals surface area contributed by atoms with Crippen LogP contribution in [0.15, 0.2) is 36.5 Å². The monoisotopic (exact) mass is 431 g/mol. The van der Waals surface area contributed by atoms with Gasteiger partial charge in [0.25, 0.3) is 0 Å². The quantitative estimate of drug-likeness (QED) is 0.427. The first-order valence-electron chi connectivity index (χ1n) is 9.76. The van der Waals surface area contributed by atoms with E-state index in [9.17, 15) is 9.59 Å². The maximum absolute atomic E-state index is 13.2. The smallest absolute Gasteiger partial charge is 0.329 e. The maximum Gasteiger partial charge on any atom is 0.329 e. The highest BCUT2D eigenvalue weighted by Crippen LogP contribution is 2.46. The van der Waals surface area contributed by atoms with Crippen molar-refractivity contribution in [2.24, 2.45) is 5.92 Å². The second-order valence-corrected chi connectivity index (χ2v) is 15.3. The first-order chi connectivity index (χ1) is 13.5. The number of benzene rings is 1. The summed E-state index contributed by atoms with van der Waals surface area (Å²) in [6.45, 7) is 10.9. The summed E-state index contributed by atoms with van der Waals surface area (Å²) in [5, 5.41) is 0.400. The summed E-state index contributed by atoms with van der Waals surface area (Å²) in [5.41, 5.74) is 6.66. The number of hydrogen-bond acceptors (Lipinski definition) is 6. The Balaban J connectivity index is 1.82. The molecule has 3 rings (SSSR count). The van der Waals surface area contributed by atoms with Gasteiger partial charge in [0.05, 0.1) is 5.92 Å². The molecule has 8 heteroatoms. The van der Waals surface area contributed by atoms with Crippen LogP contribution >= 0.6 is 11.3 Å². The lowest BCUT2D eigenvalue weighted by atomic mass is 9.87. The predicted octanol–water partition coefficient (Wildman–Crippen LogP) is 3.84. The molecule has 156 valence electrons. The number of nitrogen functional groups attached to an aromatic ring is 1. The number of carbonyl (C=O) groups excluding carboxylic acids is 2. The number of carbonyl (C=O) groups is 2. The number of β-lactam (4-membered cyclic amide) rings is 1. The van der Waals surface area contributed by atoms with E-state index in [-0.39, 0.29) is 23.5 Å². The highest BCUT2D eigenvalue weighted by molar-refractivity contribution is 7.15. The average molecular weight is 432 g/mol. The fraction of sp³-hybridized carbons (Fsp3) is 0.476. The lowest BCUT2D eigenvalue weighted by Crippen LogP contribution is -2.75. The van der Waals surface area contributed by atoms with E-state index < -0.39 is 20.2 Å². The fourth-order valence-electron chi connectivity index (χ4n) is 3.45. The molecule has 0 aliphatic carbocycles. The summed E-state index contributed by atoms with van der Waals surface area (Å²) in [5.74, 6) is -0.724. The zero-order chi connectivity index (χ0) is 21.4. The van der Waals surface area contributed by atoms with Crippen molar-refractivity contribution in [3.8, 4) is 0 Å². The molecule has 0 saturated carbocycles. The fourth-order valence-corrected chi connectivity index (χ4v) is 6.61. The molecule has 0 radical (unpaired) electrons. The van der Waals surface area contributed by atoms with Gasteiger partial charge < -0.3 is 15.0 Å². The number of nitrogens with two attached hydrogens (primary N) is 1. The first-order valence-corrected chi connectivity index (χ1v) is 13.5. The van der Waals surface area contributed by atoms with Crippen molar-refractivity contribution in [3.63, 3.8) is 0 Å². The molecule has 29 heavy (non-hydrogen) atoms. The standard InChI is InChI=1S/C21H29N3O3SSi/c1-21(2,3)29(4,5)24-17(19(26)27-13-14-9-7-6-8-10-14)16(18(24)25)11-15-12-23-20(22)28-15/h6-10,12,16-17H,11,13H2,1-5H3,(H2,22,23)/t16-,17+/m1/s1. The second kappa shape index (κ2) is 7.91. The molecular weight excluding hydrogens is 402 g/mol. The summed E-state index contributed by atoms with van der Waals surface area (Å²) in [7, 11) is -2.23. The van der Waals surface area contributed by atoms with Crippen LogP contribution in [0, 0.1) is 5.92 Å². The molecule has 0 bridgehead atoms. The number of hydrogen-bond donors (Lipinski definition) is 1. The number of rotatable bonds is 6. The Kier molecular flexibility index (Phi) is 5.87. The highest BCUT2D eigenvalue weighted by Gasteiger charge is 2.60. The Morgan fingerprint density at radius 1 is 1.28 bits per heavy atom. The summed E-state index contributed by atoms with van der Waals surface area (Å²) in [4.78, 5) is 31.2. The molecule has 1 fully saturated rings. The van der Waals surface area contributed by atoms with E-state index in [1.54, 1.807) is 6.20 Å². The van der Waals surface area contributed by atoms with Crippen LogP contribution in [0.5, 0.6) is 0 Å². The lowest BCUT2D eigenvalue weighted by Gasteiger charge is -2.57. The van der Waals surface area contributed by atoms with Crippen molar-refractivity contribution in [2.45, 2.75) is 58.0 Å². The van der Waals surface area contributed by atoms with Crippen molar-refractivity contribution in [1.29, 1.82) is 0 Å². The summed E-state index contributed by atoms with van der Waals surface area (Å²) in [6, 6.07) is 9.02. The van der Waals surface area contributed by atoms with Crippen LogP contribution in [-0.2, 0) is 27.4 Å². The highest BCUT2D eigenvalue weighted by atomic mass is 32.1. The van der Waals surface area contributed by atoms with Gasteiger partial charge in [-0.2, -0.15) is 0 Å². The lowest BCUT2D eigenvalue weighted by molar-refractivity contribution is -0.168. The topological polar surface area (TPSA) is 85.5 Å². The van der Waals surface area contributed by atoms with Gasteiger partial charge in [-0.25, -0.2) is 9.78 Å². The number of aromatic nitrogens is 1. The molecule has 1 saturated heterocycles. The van der Waals surface area contributed by atoms with E-state index in [0.717, 1.165) is 10.4 Å². The molecule has 2 N–H and O–H groups in total. The molecule has 1 aromatic heterocycles. The Hall–Kier alpha value is -2.19.